The van der Waals surface area contributed by atoms with Crippen LogP contribution in [0.2, 0.25) is 0 Å². The van der Waals surface area contributed by atoms with E-state index in [4.69, 9.17) is 0 Å². The van der Waals surface area contributed by atoms with Gasteiger partial charge in [-0.15, -0.1) is 5.10 Å². The molecule has 0 aliphatic carbocycles. The molecule has 0 bridgehead atoms. The zero-order valence-electron chi connectivity index (χ0n) is 12.5. The summed E-state index contributed by atoms with van der Waals surface area (Å²) in [7, 11) is 0. The molecule has 0 radical (unpaired) electrons. The number of hydrogen-bond donors (Lipinski definition) is 1. The molecule has 0 aliphatic rings. The van der Waals surface area contributed by atoms with Crippen LogP contribution in [0.4, 0.5) is 5.69 Å². The maximum atomic E-state index is 12.2. The topological polar surface area (TPSA) is 81.8 Å². The Morgan fingerprint density at radius 1 is 1.17 bits per heavy atom. The summed E-state index contributed by atoms with van der Waals surface area (Å²) in [6, 6.07) is 12.1. The first-order valence-corrected chi connectivity index (χ1v) is 7.07. The smallest absolute Gasteiger partial charge is 0.267 e. The van der Waals surface area contributed by atoms with E-state index in [1.807, 2.05) is 31.2 Å². The van der Waals surface area contributed by atoms with E-state index in [2.05, 4.69) is 15.5 Å². The molecule has 0 atom stereocenters. The summed E-state index contributed by atoms with van der Waals surface area (Å²) < 4.78 is 2.64. The van der Waals surface area contributed by atoms with Crippen molar-refractivity contribution in [2.45, 2.75) is 13.5 Å². The molecule has 1 N–H and O–H groups in total. The number of benzene rings is 1. The summed E-state index contributed by atoms with van der Waals surface area (Å²) in [5.41, 5.74) is 1.32. The van der Waals surface area contributed by atoms with Gasteiger partial charge in [-0.05, 0) is 30.7 Å². The number of amides is 1. The van der Waals surface area contributed by atoms with E-state index >= 15 is 0 Å². The van der Waals surface area contributed by atoms with Gasteiger partial charge in [0.1, 0.15) is 6.54 Å². The lowest BCUT2D eigenvalue weighted by molar-refractivity contribution is -0.117. The van der Waals surface area contributed by atoms with Crippen molar-refractivity contribution in [3.63, 3.8) is 0 Å². The molecule has 2 heterocycles. The number of carbonyl (C=O) groups excluding carboxylic acids is 1. The van der Waals surface area contributed by atoms with Crippen LogP contribution in [0.5, 0.6) is 0 Å². The fourth-order valence-electron chi connectivity index (χ4n) is 2.12. The Labute approximate surface area is 132 Å². The van der Waals surface area contributed by atoms with Crippen LogP contribution >= 0.6 is 0 Å². The first kappa shape index (κ1) is 14.7. The Kier molecular flexibility index (Phi) is 4.01. The number of anilines is 1. The van der Waals surface area contributed by atoms with Crippen LogP contribution in [-0.4, -0.2) is 25.5 Å². The third-order valence-corrected chi connectivity index (χ3v) is 3.30. The number of nitrogens with one attached hydrogen (secondary N) is 1. The highest BCUT2D eigenvalue weighted by atomic mass is 16.2. The van der Waals surface area contributed by atoms with Crippen LogP contribution in [-0.2, 0) is 11.3 Å². The fourth-order valence-corrected chi connectivity index (χ4v) is 2.12. The highest BCUT2D eigenvalue weighted by Gasteiger charge is 2.09. The summed E-state index contributed by atoms with van der Waals surface area (Å²) in [6.07, 6.45) is 3.33. The van der Waals surface area contributed by atoms with Crippen molar-refractivity contribution in [1.29, 1.82) is 0 Å². The molecule has 0 saturated carbocycles. The second kappa shape index (κ2) is 6.27. The summed E-state index contributed by atoms with van der Waals surface area (Å²) in [6.45, 7) is 1.74. The van der Waals surface area contributed by atoms with Crippen LogP contribution in [0, 0.1) is 6.92 Å². The molecule has 116 valence electrons. The minimum atomic E-state index is -0.346. The fraction of sp³-hybridized carbons (Fsp3) is 0.125. The predicted octanol–water partition coefficient (Wildman–Crippen LogP) is 1.38. The van der Waals surface area contributed by atoms with Gasteiger partial charge < -0.3 is 5.32 Å². The standard InChI is InChI=1S/C16H15N5O2/c1-12-5-2-3-6-13(12)18-15(22)11-21-16(23)8-7-14(19-21)20-10-4-9-17-20/h2-10H,11H2,1H3,(H,18,22). The van der Waals surface area contributed by atoms with Gasteiger partial charge in [-0.25, -0.2) is 9.36 Å². The van der Waals surface area contributed by atoms with Crippen molar-refractivity contribution in [3.05, 3.63) is 70.8 Å². The summed E-state index contributed by atoms with van der Waals surface area (Å²) in [5, 5.41) is 11.0. The number of para-hydroxylation sites is 1. The van der Waals surface area contributed by atoms with Crippen LogP contribution in [0.25, 0.3) is 5.82 Å². The van der Waals surface area contributed by atoms with Gasteiger partial charge in [0.2, 0.25) is 5.91 Å². The van der Waals surface area contributed by atoms with Gasteiger partial charge >= 0.3 is 0 Å². The predicted molar refractivity (Wildman–Crippen MR) is 85.4 cm³/mol. The van der Waals surface area contributed by atoms with E-state index in [9.17, 15) is 9.59 Å². The van der Waals surface area contributed by atoms with E-state index in [-0.39, 0.29) is 18.0 Å². The van der Waals surface area contributed by atoms with Crippen molar-refractivity contribution in [2.75, 3.05) is 5.32 Å². The van der Waals surface area contributed by atoms with Crippen LogP contribution in [0.3, 0.4) is 0 Å². The lowest BCUT2D eigenvalue weighted by Gasteiger charge is -2.09. The molecule has 1 amide bonds. The maximum absolute atomic E-state index is 12.2. The molecule has 0 fully saturated rings. The third-order valence-electron chi connectivity index (χ3n) is 3.30. The molecule has 0 unspecified atom stereocenters. The van der Waals surface area contributed by atoms with Gasteiger partial charge in [0.05, 0.1) is 0 Å². The monoisotopic (exact) mass is 309 g/mol. The zero-order chi connectivity index (χ0) is 16.2. The molecule has 0 aliphatic heterocycles. The Balaban J connectivity index is 1.80. The second-order valence-electron chi connectivity index (χ2n) is 5.00. The average molecular weight is 309 g/mol. The number of nitrogens with zero attached hydrogens (tertiary/aromatic N) is 4. The number of carbonyl (C=O) groups is 1. The zero-order valence-corrected chi connectivity index (χ0v) is 12.5. The SMILES string of the molecule is Cc1ccccc1NC(=O)Cn1nc(-n2cccn2)ccc1=O. The number of aryl methyl sites for hydroxylation is 1. The summed E-state index contributed by atoms with van der Waals surface area (Å²) in [4.78, 5) is 24.0. The molecular weight excluding hydrogens is 294 g/mol. The van der Waals surface area contributed by atoms with E-state index in [0.29, 0.717) is 11.5 Å². The second-order valence-corrected chi connectivity index (χ2v) is 5.00. The van der Waals surface area contributed by atoms with Gasteiger partial charge in [-0.2, -0.15) is 5.10 Å². The van der Waals surface area contributed by atoms with E-state index < -0.39 is 0 Å². The quantitative estimate of drug-likeness (QED) is 0.789. The van der Waals surface area contributed by atoms with Crippen molar-refractivity contribution < 1.29 is 4.79 Å². The van der Waals surface area contributed by atoms with Gasteiger partial charge in [-0.1, -0.05) is 18.2 Å². The van der Waals surface area contributed by atoms with Crippen molar-refractivity contribution in [3.8, 4) is 5.82 Å². The number of aromatic nitrogens is 4. The summed E-state index contributed by atoms with van der Waals surface area (Å²) >= 11 is 0. The first-order valence-electron chi connectivity index (χ1n) is 7.07. The highest BCUT2D eigenvalue weighted by molar-refractivity contribution is 5.91. The molecule has 7 nitrogen and oxygen atoms in total. The van der Waals surface area contributed by atoms with Crippen LogP contribution < -0.4 is 10.9 Å². The number of hydrogen-bond acceptors (Lipinski definition) is 4. The van der Waals surface area contributed by atoms with Crippen molar-refractivity contribution in [1.82, 2.24) is 19.6 Å². The van der Waals surface area contributed by atoms with Gasteiger partial charge in [0.15, 0.2) is 5.82 Å². The number of rotatable bonds is 4. The first-order chi connectivity index (χ1) is 11.1. The molecule has 3 rings (SSSR count). The molecular formula is C16H15N5O2. The molecule has 7 heteroatoms. The molecule has 0 spiro atoms. The van der Waals surface area contributed by atoms with Crippen LogP contribution in [0.15, 0.2) is 59.7 Å². The highest BCUT2D eigenvalue weighted by Crippen LogP contribution is 2.12. The Hall–Kier alpha value is -3.22. The third kappa shape index (κ3) is 3.34. The summed E-state index contributed by atoms with van der Waals surface area (Å²) in [5.74, 6) is 0.157. The van der Waals surface area contributed by atoms with Crippen LogP contribution in [0.1, 0.15) is 5.56 Å². The molecule has 2 aromatic heterocycles. The Morgan fingerprint density at radius 2 is 2.00 bits per heavy atom. The van der Waals surface area contributed by atoms with E-state index in [1.165, 1.54) is 10.7 Å². The molecule has 1 aromatic carbocycles. The van der Waals surface area contributed by atoms with Gasteiger partial charge in [-0.3, -0.25) is 9.59 Å². The maximum Gasteiger partial charge on any atom is 0.267 e. The lowest BCUT2D eigenvalue weighted by Crippen LogP contribution is -2.30. The molecule has 3 aromatic rings. The Morgan fingerprint density at radius 3 is 2.74 bits per heavy atom. The average Bonchev–Trinajstić information content (AvgIpc) is 3.06. The van der Waals surface area contributed by atoms with E-state index in [0.717, 1.165) is 10.2 Å². The Bertz CT molecular complexity index is 883. The molecule has 0 saturated heterocycles. The van der Waals surface area contributed by atoms with Crippen molar-refractivity contribution in [2.24, 2.45) is 0 Å². The lowest BCUT2D eigenvalue weighted by atomic mass is 10.2. The van der Waals surface area contributed by atoms with Crippen molar-refractivity contribution >= 4 is 11.6 Å². The molecule has 23 heavy (non-hydrogen) atoms. The van der Waals surface area contributed by atoms with Gasteiger partial charge in [0.25, 0.3) is 5.56 Å². The minimum Gasteiger partial charge on any atom is -0.324 e. The minimum absolute atomic E-state index is 0.164. The largest absolute Gasteiger partial charge is 0.324 e. The van der Waals surface area contributed by atoms with Gasteiger partial charge in [0, 0.05) is 24.1 Å². The normalized spacial score (nSPS) is 10.5. The van der Waals surface area contributed by atoms with E-state index in [1.54, 1.807) is 24.5 Å².